The monoisotopic (exact) mass is 265 g/mol. The number of ether oxygens (including phenoxy) is 1. The predicted octanol–water partition coefficient (Wildman–Crippen LogP) is -0.310. The number of carboxylic acids is 1. The third kappa shape index (κ3) is 2.67. The first kappa shape index (κ1) is 13.3. The van der Waals surface area contributed by atoms with Gasteiger partial charge in [-0.3, -0.25) is 9.59 Å². The molecule has 1 heterocycles. The van der Waals surface area contributed by atoms with Gasteiger partial charge in [0.1, 0.15) is 11.8 Å². The van der Waals surface area contributed by atoms with Crippen molar-refractivity contribution >= 4 is 17.6 Å². The van der Waals surface area contributed by atoms with Gasteiger partial charge in [0.2, 0.25) is 0 Å². The summed E-state index contributed by atoms with van der Waals surface area (Å²) in [5.41, 5.74) is 7.03. The highest BCUT2D eigenvalue weighted by molar-refractivity contribution is 5.95. The van der Waals surface area contributed by atoms with Crippen LogP contribution >= 0.6 is 0 Å². The summed E-state index contributed by atoms with van der Waals surface area (Å²) in [4.78, 5) is 22.3. The van der Waals surface area contributed by atoms with Crippen molar-refractivity contribution in [3.05, 3.63) is 23.8 Å². The van der Waals surface area contributed by atoms with Crippen molar-refractivity contribution in [2.75, 3.05) is 19.0 Å². The maximum Gasteiger partial charge on any atom is 0.322 e. The lowest BCUT2D eigenvalue weighted by atomic mass is 9.99. The van der Waals surface area contributed by atoms with Crippen LogP contribution in [0.3, 0.4) is 0 Å². The molecule has 1 aromatic carbocycles. The van der Waals surface area contributed by atoms with E-state index in [9.17, 15) is 9.59 Å². The molecule has 1 aliphatic rings. The molecule has 0 aliphatic carbocycles. The molecule has 1 aromatic rings. The Morgan fingerprint density at radius 1 is 1.58 bits per heavy atom. The maximum absolute atomic E-state index is 11.2. The zero-order valence-corrected chi connectivity index (χ0v) is 10.3. The molecule has 7 heteroatoms. The third-order valence-electron chi connectivity index (χ3n) is 2.96. The van der Waals surface area contributed by atoms with Gasteiger partial charge in [-0.05, 0) is 24.7 Å². The Bertz CT molecular complexity index is 518. The van der Waals surface area contributed by atoms with Crippen LogP contribution in [0.5, 0.6) is 5.75 Å². The van der Waals surface area contributed by atoms with E-state index in [1.54, 1.807) is 18.2 Å². The molecule has 0 saturated heterocycles. The minimum absolute atomic E-state index is 0.0212. The van der Waals surface area contributed by atoms with Gasteiger partial charge in [-0.15, -0.1) is 0 Å². The topological polar surface area (TPSA) is 114 Å². The lowest BCUT2D eigenvalue weighted by Crippen LogP contribution is -2.43. The minimum atomic E-state index is -1.03. The normalized spacial score (nSPS) is 16.8. The highest BCUT2D eigenvalue weighted by Crippen LogP contribution is 2.30. The number of benzene rings is 1. The van der Waals surface area contributed by atoms with Gasteiger partial charge >= 0.3 is 5.97 Å². The molecule has 2 unspecified atom stereocenters. The number of fused-ring (bicyclic) bond motifs is 1. The Kier molecular flexibility index (Phi) is 3.68. The van der Waals surface area contributed by atoms with Crippen molar-refractivity contribution in [3.8, 4) is 5.75 Å². The number of carbonyl (C=O) groups excluding carboxylic acids is 1. The van der Waals surface area contributed by atoms with Crippen LogP contribution in [0, 0.1) is 0 Å². The van der Waals surface area contributed by atoms with Crippen LogP contribution in [0.4, 0.5) is 5.69 Å². The number of amides is 1. The first-order valence-electron chi connectivity index (χ1n) is 5.75. The summed E-state index contributed by atoms with van der Waals surface area (Å²) < 4.78 is 5.22. The molecule has 0 radical (unpaired) electrons. The van der Waals surface area contributed by atoms with Gasteiger partial charge in [-0.2, -0.15) is 0 Å². The lowest BCUT2D eigenvalue weighted by molar-refractivity contribution is -0.139. The molecule has 7 nitrogen and oxygen atoms in total. The quantitative estimate of drug-likeness (QED) is 0.594. The number of rotatable bonds is 4. The number of nitrogens with one attached hydrogen (secondary N) is 2. The number of hydrogen-bond donors (Lipinski definition) is 4. The number of carboxylic acid groups (broad SMARTS) is 1. The molecule has 0 bridgehead atoms. The summed E-state index contributed by atoms with van der Waals surface area (Å²) in [6.45, 7) is -0.0212. The maximum atomic E-state index is 11.2. The van der Waals surface area contributed by atoms with Crippen molar-refractivity contribution in [2.24, 2.45) is 5.73 Å². The van der Waals surface area contributed by atoms with Crippen molar-refractivity contribution in [1.29, 1.82) is 0 Å². The first-order chi connectivity index (χ1) is 9.02. The summed E-state index contributed by atoms with van der Waals surface area (Å²) >= 11 is 0. The standard InChI is InChI=1S/C12H15N3O4/c1-14-11(12(17)18)10(13)6-2-3-8-7(4-6)15-9(16)5-19-8/h2-4,10-11,14H,5,13H2,1H3,(H,15,16)(H,17,18). The second-order valence-electron chi connectivity index (χ2n) is 4.22. The molecule has 0 spiro atoms. The highest BCUT2D eigenvalue weighted by Gasteiger charge is 2.26. The molecule has 102 valence electrons. The van der Waals surface area contributed by atoms with Crippen molar-refractivity contribution in [3.63, 3.8) is 0 Å². The van der Waals surface area contributed by atoms with E-state index >= 15 is 0 Å². The molecule has 1 aliphatic heterocycles. The molecule has 2 rings (SSSR count). The average molecular weight is 265 g/mol. The summed E-state index contributed by atoms with van der Waals surface area (Å²) in [7, 11) is 1.53. The number of likely N-dealkylation sites (N-methyl/N-ethyl adjacent to an activating group) is 1. The van der Waals surface area contributed by atoms with Crippen molar-refractivity contribution in [2.45, 2.75) is 12.1 Å². The zero-order valence-electron chi connectivity index (χ0n) is 10.3. The van der Waals surface area contributed by atoms with Crippen LogP contribution in [-0.2, 0) is 9.59 Å². The van der Waals surface area contributed by atoms with E-state index in [-0.39, 0.29) is 12.5 Å². The van der Waals surface area contributed by atoms with Crippen LogP contribution in [0.1, 0.15) is 11.6 Å². The Morgan fingerprint density at radius 2 is 2.32 bits per heavy atom. The lowest BCUT2D eigenvalue weighted by Gasteiger charge is -2.23. The number of hydrogen-bond acceptors (Lipinski definition) is 5. The largest absolute Gasteiger partial charge is 0.482 e. The van der Waals surface area contributed by atoms with Crippen LogP contribution in [0.2, 0.25) is 0 Å². The van der Waals surface area contributed by atoms with E-state index in [1.165, 1.54) is 7.05 Å². The summed E-state index contributed by atoms with van der Waals surface area (Å²) in [5, 5.41) is 14.3. The van der Waals surface area contributed by atoms with Crippen LogP contribution in [0.15, 0.2) is 18.2 Å². The molecule has 0 aromatic heterocycles. The highest BCUT2D eigenvalue weighted by atomic mass is 16.5. The number of carbonyl (C=O) groups is 2. The summed E-state index contributed by atoms with van der Waals surface area (Å²) in [6.07, 6.45) is 0. The van der Waals surface area contributed by atoms with Crippen LogP contribution in [-0.4, -0.2) is 36.7 Å². The van der Waals surface area contributed by atoms with Crippen molar-refractivity contribution in [1.82, 2.24) is 5.32 Å². The molecule has 5 N–H and O–H groups in total. The number of nitrogens with two attached hydrogens (primary N) is 1. The Morgan fingerprint density at radius 3 is 2.95 bits per heavy atom. The molecular formula is C12H15N3O4. The van der Waals surface area contributed by atoms with Gasteiger partial charge in [0.05, 0.1) is 11.7 Å². The van der Waals surface area contributed by atoms with E-state index in [0.717, 1.165) is 0 Å². The van der Waals surface area contributed by atoms with Crippen LogP contribution in [0.25, 0.3) is 0 Å². The molecule has 19 heavy (non-hydrogen) atoms. The molecule has 1 amide bonds. The molecule has 0 saturated carbocycles. The number of aliphatic carboxylic acids is 1. The van der Waals surface area contributed by atoms with E-state index in [1.807, 2.05) is 0 Å². The Hall–Kier alpha value is -2.12. The number of anilines is 1. The van der Waals surface area contributed by atoms with Gasteiger partial charge in [-0.25, -0.2) is 0 Å². The average Bonchev–Trinajstić information content (AvgIpc) is 2.38. The zero-order chi connectivity index (χ0) is 14.0. The SMILES string of the molecule is CNC(C(=O)O)C(N)c1ccc2c(c1)NC(=O)CO2. The summed E-state index contributed by atoms with van der Waals surface area (Å²) in [6, 6.07) is 3.35. The van der Waals surface area contributed by atoms with E-state index in [4.69, 9.17) is 15.6 Å². The fourth-order valence-electron chi connectivity index (χ4n) is 1.96. The van der Waals surface area contributed by atoms with E-state index in [0.29, 0.717) is 17.0 Å². The van der Waals surface area contributed by atoms with Gasteiger partial charge in [0, 0.05) is 0 Å². The van der Waals surface area contributed by atoms with Gasteiger partial charge in [0.25, 0.3) is 5.91 Å². The Balaban J connectivity index is 2.28. The second-order valence-corrected chi connectivity index (χ2v) is 4.22. The fourth-order valence-corrected chi connectivity index (χ4v) is 1.96. The first-order valence-corrected chi connectivity index (χ1v) is 5.75. The van der Waals surface area contributed by atoms with Gasteiger partial charge < -0.3 is 26.2 Å². The second kappa shape index (κ2) is 5.25. The molecule has 2 atom stereocenters. The van der Waals surface area contributed by atoms with E-state index < -0.39 is 18.1 Å². The third-order valence-corrected chi connectivity index (χ3v) is 2.96. The fraction of sp³-hybridized carbons (Fsp3) is 0.333. The van der Waals surface area contributed by atoms with Crippen molar-refractivity contribution < 1.29 is 19.4 Å². The van der Waals surface area contributed by atoms with Gasteiger partial charge in [0.15, 0.2) is 6.61 Å². The predicted molar refractivity (Wildman–Crippen MR) is 68.0 cm³/mol. The van der Waals surface area contributed by atoms with E-state index in [2.05, 4.69) is 10.6 Å². The summed E-state index contributed by atoms with van der Waals surface area (Å²) in [5.74, 6) is -0.735. The molecular weight excluding hydrogens is 250 g/mol. The van der Waals surface area contributed by atoms with Gasteiger partial charge in [-0.1, -0.05) is 6.07 Å². The molecule has 0 fully saturated rings. The Labute approximate surface area is 109 Å². The smallest absolute Gasteiger partial charge is 0.322 e. The van der Waals surface area contributed by atoms with Crippen LogP contribution < -0.4 is 21.1 Å². The minimum Gasteiger partial charge on any atom is -0.482 e.